The molecule has 0 N–H and O–H groups in total. The highest BCUT2D eigenvalue weighted by Gasteiger charge is 2.42. The molecule has 6 rings (SSSR count). The van der Waals surface area contributed by atoms with Crippen molar-refractivity contribution in [3.05, 3.63) is 100.0 Å². The van der Waals surface area contributed by atoms with Crippen molar-refractivity contribution in [2.45, 2.75) is 89.4 Å². The molecule has 1 amide bonds. The van der Waals surface area contributed by atoms with Gasteiger partial charge in [0.15, 0.2) is 11.0 Å². The second-order valence-electron chi connectivity index (χ2n) is 15.8. The van der Waals surface area contributed by atoms with Gasteiger partial charge in [0.2, 0.25) is 0 Å². The zero-order chi connectivity index (χ0) is 41.2. The van der Waals surface area contributed by atoms with E-state index >= 15 is 4.39 Å². The van der Waals surface area contributed by atoms with Gasteiger partial charge in [-0.3, -0.25) is 0 Å². The van der Waals surface area contributed by atoms with Gasteiger partial charge in [0.25, 0.3) is 0 Å². The first-order valence-electron chi connectivity index (χ1n) is 19.1. The molecule has 1 aromatic heterocycles. The molecule has 1 aliphatic heterocycles. The molecule has 0 radical (unpaired) electrons. The van der Waals surface area contributed by atoms with Crippen LogP contribution in [0.2, 0.25) is 0 Å². The standard InChI is InChI=1S/C43H51F4N5O4S/c1-26-21-33-35(48-40(57-8)49-39(33)52-20-19-50(23-27(52)2)41(53)56-42(3,4)5)22-32(26)37-34(43(45,46)47)17-18-36(38(37)44)51(24-28-9-13-30(54-6)14-10-28)25-29-11-15-31(55-7)16-12-29/h9-18,26-27,32H,19-25H2,1-8H3/t26?,27-,32?/m0/s1. The second kappa shape index (κ2) is 17.0. The maximum atomic E-state index is 17.4. The number of amides is 1. The first-order chi connectivity index (χ1) is 27.0. The predicted molar refractivity (Wildman–Crippen MR) is 215 cm³/mol. The lowest BCUT2D eigenvalue weighted by Gasteiger charge is -2.42. The molecule has 1 fully saturated rings. The van der Waals surface area contributed by atoms with Crippen LogP contribution in [0.25, 0.3) is 0 Å². The number of anilines is 2. The van der Waals surface area contributed by atoms with Crippen LogP contribution < -0.4 is 19.3 Å². The van der Waals surface area contributed by atoms with Crippen LogP contribution in [0.5, 0.6) is 11.5 Å². The number of aromatic nitrogens is 2. The summed E-state index contributed by atoms with van der Waals surface area (Å²) >= 11 is 1.34. The number of fused-ring (bicyclic) bond motifs is 1. The summed E-state index contributed by atoms with van der Waals surface area (Å²) in [7, 11) is 3.14. The minimum atomic E-state index is -4.80. The number of hydrogen-bond donors (Lipinski definition) is 0. The summed E-state index contributed by atoms with van der Waals surface area (Å²) in [6.45, 7) is 11.2. The molecule has 3 aromatic carbocycles. The van der Waals surface area contributed by atoms with Crippen LogP contribution in [0, 0.1) is 11.7 Å². The van der Waals surface area contributed by atoms with Crippen LogP contribution in [-0.2, 0) is 36.8 Å². The highest BCUT2D eigenvalue weighted by Crippen LogP contribution is 2.47. The Morgan fingerprint density at radius 3 is 1.98 bits per heavy atom. The van der Waals surface area contributed by atoms with Crippen LogP contribution in [0.1, 0.15) is 74.0 Å². The highest BCUT2D eigenvalue weighted by atomic mass is 32.2. The van der Waals surface area contributed by atoms with Gasteiger partial charge < -0.3 is 28.9 Å². The van der Waals surface area contributed by atoms with Crippen molar-refractivity contribution < 1.29 is 36.6 Å². The number of halogens is 4. The molecular formula is C43H51F4N5O4S. The molecule has 14 heteroatoms. The topological polar surface area (TPSA) is 80.3 Å². The van der Waals surface area contributed by atoms with Crippen molar-refractivity contribution in [2.24, 2.45) is 5.92 Å². The lowest BCUT2D eigenvalue weighted by molar-refractivity contribution is -0.138. The summed E-state index contributed by atoms with van der Waals surface area (Å²) < 4.78 is 78.5. The monoisotopic (exact) mass is 809 g/mol. The lowest BCUT2D eigenvalue weighted by Crippen LogP contribution is -2.55. The number of ether oxygens (including phenoxy) is 3. The molecule has 0 bridgehead atoms. The summed E-state index contributed by atoms with van der Waals surface area (Å²) in [6, 6.07) is 16.8. The molecule has 9 nitrogen and oxygen atoms in total. The molecule has 1 saturated heterocycles. The van der Waals surface area contributed by atoms with E-state index in [0.29, 0.717) is 54.2 Å². The van der Waals surface area contributed by atoms with E-state index in [9.17, 15) is 18.0 Å². The molecule has 0 spiro atoms. The Morgan fingerprint density at radius 2 is 1.47 bits per heavy atom. The van der Waals surface area contributed by atoms with E-state index in [0.717, 1.165) is 22.8 Å². The van der Waals surface area contributed by atoms with Crippen LogP contribution in [0.4, 0.5) is 33.9 Å². The van der Waals surface area contributed by atoms with E-state index < -0.39 is 29.1 Å². The van der Waals surface area contributed by atoms with Gasteiger partial charge in [-0.05, 0) is 106 Å². The average molecular weight is 810 g/mol. The maximum absolute atomic E-state index is 17.4. The molecule has 3 atom stereocenters. The van der Waals surface area contributed by atoms with Gasteiger partial charge in [-0.1, -0.05) is 43.0 Å². The Labute approximate surface area is 336 Å². The number of piperazine rings is 1. The fourth-order valence-corrected chi connectivity index (χ4v) is 8.17. The quantitative estimate of drug-likeness (QED) is 0.0885. The van der Waals surface area contributed by atoms with E-state index in [-0.39, 0.29) is 48.8 Å². The third-order valence-corrected chi connectivity index (χ3v) is 11.2. The minimum Gasteiger partial charge on any atom is -0.497 e. The van der Waals surface area contributed by atoms with E-state index in [2.05, 4.69) is 4.90 Å². The largest absolute Gasteiger partial charge is 0.497 e. The van der Waals surface area contributed by atoms with Crippen molar-refractivity contribution in [2.75, 3.05) is 49.9 Å². The summed E-state index contributed by atoms with van der Waals surface area (Å²) in [4.78, 5) is 28.3. The van der Waals surface area contributed by atoms with Gasteiger partial charge in [-0.25, -0.2) is 19.2 Å². The molecule has 0 saturated carbocycles. The molecule has 2 heterocycles. The van der Waals surface area contributed by atoms with Gasteiger partial charge in [0, 0.05) is 49.9 Å². The van der Waals surface area contributed by atoms with E-state index in [1.165, 1.54) is 17.8 Å². The molecule has 57 heavy (non-hydrogen) atoms. The number of benzene rings is 3. The Morgan fingerprint density at radius 1 is 0.877 bits per heavy atom. The predicted octanol–water partition coefficient (Wildman–Crippen LogP) is 9.54. The van der Waals surface area contributed by atoms with Gasteiger partial charge in [-0.2, -0.15) is 13.2 Å². The number of carbonyl (C=O) groups is 1. The van der Waals surface area contributed by atoms with Gasteiger partial charge >= 0.3 is 12.3 Å². The fourth-order valence-electron chi connectivity index (χ4n) is 7.79. The fraction of sp³-hybridized carbons (Fsp3) is 0.465. The number of carbonyl (C=O) groups excluding carboxylic acids is 1. The first kappa shape index (κ1) is 41.9. The van der Waals surface area contributed by atoms with Crippen molar-refractivity contribution in [3.8, 4) is 11.5 Å². The smallest absolute Gasteiger partial charge is 0.416 e. The minimum absolute atomic E-state index is 0.0764. The summed E-state index contributed by atoms with van der Waals surface area (Å²) in [5.41, 5.74) is 1.24. The van der Waals surface area contributed by atoms with Gasteiger partial charge in [0.05, 0.1) is 31.2 Å². The van der Waals surface area contributed by atoms with E-state index in [1.54, 1.807) is 48.3 Å². The van der Waals surface area contributed by atoms with Crippen LogP contribution in [0.3, 0.4) is 0 Å². The van der Waals surface area contributed by atoms with Gasteiger partial charge in [0.1, 0.15) is 22.9 Å². The Hall–Kier alpha value is -4.72. The summed E-state index contributed by atoms with van der Waals surface area (Å²) in [6.07, 6.45) is -2.87. The average Bonchev–Trinajstić information content (AvgIpc) is 3.16. The SMILES string of the molecule is COc1ccc(CN(Cc2ccc(OC)cc2)c2ccc(C(F)(F)F)c(C3Cc4nc(SC)nc(N5CCN(C(=O)OC(C)(C)C)C[C@@H]5C)c4CC3C)c2F)cc1. The number of rotatable bonds is 10. The number of hydrogen-bond acceptors (Lipinski definition) is 9. The maximum Gasteiger partial charge on any atom is 0.416 e. The third-order valence-electron chi connectivity index (χ3n) is 10.7. The van der Waals surface area contributed by atoms with Crippen LogP contribution >= 0.6 is 11.8 Å². The Bertz CT molecular complexity index is 1990. The molecule has 4 aromatic rings. The normalized spacial score (nSPS) is 18.6. The van der Waals surface area contributed by atoms with Crippen molar-refractivity contribution in [3.63, 3.8) is 0 Å². The second-order valence-corrected chi connectivity index (χ2v) is 16.6. The molecule has 2 unspecified atom stereocenters. The van der Waals surface area contributed by atoms with Crippen molar-refractivity contribution in [1.29, 1.82) is 0 Å². The number of nitrogens with zero attached hydrogens (tertiary/aromatic N) is 5. The zero-order valence-corrected chi connectivity index (χ0v) is 34.6. The van der Waals surface area contributed by atoms with Crippen LogP contribution in [0.15, 0.2) is 65.8 Å². The molecule has 1 aliphatic carbocycles. The van der Waals surface area contributed by atoms with Crippen molar-refractivity contribution in [1.82, 2.24) is 14.9 Å². The Kier molecular flexibility index (Phi) is 12.5. The van der Waals surface area contributed by atoms with Crippen LogP contribution in [-0.4, -0.2) is 72.7 Å². The number of methoxy groups -OCH3 is 2. The lowest BCUT2D eigenvalue weighted by atomic mass is 9.73. The summed E-state index contributed by atoms with van der Waals surface area (Å²) in [5.74, 6) is -0.0781. The van der Waals surface area contributed by atoms with Crippen molar-refractivity contribution >= 4 is 29.4 Å². The first-order valence-corrected chi connectivity index (χ1v) is 20.3. The van der Waals surface area contributed by atoms with E-state index in [1.807, 2.05) is 65.1 Å². The van der Waals surface area contributed by atoms with Gasteiger partial charge in [-0.15, -0.1) is 0 Å². The van der Waals surface area contributed by atoms with E-state index in [4.69, 9.17) is 24.2 Å². The molecular weight excluding hydrogens is 759 g/mol. The Balaban J connectivity index is 1.38. The third kappa shape index (κ3) is 9.54. The summed E-state index contributed by atoms with van der Waals surface area (Å²) in [5, 5.41) is 0.481. The number of alkyl halides is 3. The zero-order valence-electron chi connectivity index (χ0n) is 33.7. The molecule has 2 aliphatic rings. The highest BCUT2D eigenvalue weighted by molar-refractivity contribution is 7.98. The molecule has 306 valence electrons. The number of thioether (sulfide) groups is 1.